The fraction of sp³-hybridized carbons (Fsp3) is 0.200. The number of ether oxygens (including phenoxy) is 1. The van der Waals surface area contributed by atoms with Crippen molar-refractivity contribution >= 4 is 45.7 Å². The number of rotatable bonds is 6. The lowest BCUT2D eigenvalue weighted by Crippen LogP contribution is -2.37. The SMILES string of the molecule is Brc1ccc(C=NNc2nc(Nc3ccccc3)nc(N3CCOCC3)n2)cc1. The minimum absolute atomic E-state index is 0.369. The number of morpholine rings is 1. The monoisotopic (exact) mass is 453 g/mol. The molecule has 9 heteroatoms. The van der Waals surface area contributed by atoms with E-state index in [2.05, 4.69) is 51.6 Å². The van der Waals surface area contributed by atoms with E-state index >= 15 is 0 Å². The highest BCUT2D eigenvalue weighted by Crippen LogP contribution is 2.18. The first kappa shape index (κ1) is 19.3. The fourth-order valence-electron chi connectivity index (χ4n) is 2.74. The van der Waals surface area contributed by atoms with Gasteiger partial charge < -0.3 is 15.0 Å². The summed E-state index contributed by atoms with van der Waals surface area (Å²) < 4.78 is 6.45. The Morgan fingerprint density at radius 2 is 1.66 bits per heavy atom. The van der Waals surface area contributed by atoms with Crippen LogP contribution in [0.4, 0.5) is 23.5 Å². The van der Waals surface area contributed by atoms with Crippen molar-refractivity contribution in [3.8, 4) is 0 Å². The molecule has 1 aromatic heterocycles. The topological polar surface area (TPSA) is 87.6 Å². The molecule has 1 aliphatic rings. The van der Waals surface area contributed by atoms with Crippen molar-refractivity contribution in [3.05, 3.63) is 64.6 Å². The average Bonchev–Trinajstić information content (AvgIpc) is 2.76. The number of hydrogen-bond acceptors (Lipinski definition) is 8. The molecule has 0 saturated carbocycles. The van der Waals surface area contributed by atoms with Gasteiger partial charge in [-0.1, -0.05) is 46.3 Å². The molecule has 2 aromatic carbocycles. The van der Waals surface area contributed by atoms with Gasteiger partial charge in [0, 0.05) is 23.2 Å². The van der Waals surface area contributed by atoms with E-state index in [9.17, 15) is 0 Å². The van der Waals surface area contributed by atoms with Crippen LogP contribution in [0.3, 0.4) is 0 Å². The van der Waals surface area contributed by atoms with Crippen LogP contribution in [0, 0.1) is 0 Å². The van der Waals surface area contributed by atoms with Crippen LogP contribution in [0.2, 0.25) is 0 Å². The van der Waals surface area contributed by atoms with Gasteiger partial charge in [-0.3, -0.25) is 0 Å². The Bertz CT molecular complexity index is 960. The zero-order chi connectivity index (χ0) is 19.9. The molecule has 0 aliphatic carbocycles. The third-order valence-corrected chi connectivity index (χ3v) is 4.72. The molecule has 0 atom stereocenters. The normalized spacial score (nSPS) is 14.2. The molecule has 0 bridgehead atoms. The summed E-state index contributed by atoms with van der Waals surface area (Å²) in [5.74, 6) is 1.41. The Labute approximate surface area is 177 Å². The van der Waals surface area contributed by atoms with E-state index in [1.165, 1.54) is 0 Å². The Morgan fingerprint density at radius 1 is 0.931 bits per heavy atom. The van der Waals surface area contributed by atoms with Crippen molar-refractivity contribution in [2.24, 2.45) is 5.10 Å². The van der Waals surface area contributed by atoms with Gasteiger partial charge in [-0.05, 0) is 29.8 Å². The molecule has 0 spiro atoms. The number of nitrogens with zero attached hydrogens (tertiary/aromatic N) is 5. The summed E-state index contributed by atoms with van der Waals surface area (Å²) >= 11 is 3.42. The van der Waals surface area contributed by atoms with Crippen molar-refractivity contribution in [1.82, 2.24) is 15.0 Å². The molecule has 148 valence electrons. The molecular formula is C20H20BrN7O. The molecule has 3 aromatic rings. The number of hydrogen-bond donors (Lipinski definition) is 2. The second-order valence-electron chi connectivity index (χ2n) is 6.29. The first-order valence-corrected chi connectivity index (χ1v) is 10.0. The van der Waals surface area contributed by atoms with Gasteiger partial charge in [0.05, 0.1) is 19.4 Å². The summed E-state index contributed by atoms with van der Waals surface area (Å²) in [6, 6.07) is 17.6. The zero-order valence-electron chi connectivity index (χ0n) is 15.6. The maximum atomic E-state index is 5.43. The molecular weight excluding hydrogens is 434 g/mol. The van der Waals surface area contributed by atoms with Crippen LogP contribution in [0.1, 0.15) is 5.56 Å². The lowest BCUT2D eigenvalue weighted by Gasteiger charge is -2.27. The minimum Gasteiger partial charge on any atom is -0.378 e. The van der Waals surface area contributed by atoms with Crippen LogP contribution >= 0.6 is 15.9 Å². The van der Waals surface area contributed by atoms with Crippen LogP contribution in [0.15, 0.2) is 64.2 Å². The molecule has 2 N–H and O–H groups in total. The number of halogens is 1. The van der Waals surface area contributed by atoms with E-state index < -0.39 is 0 Å². The summed E-state index contributed by atoms with van der Waals surface area (Å²) in [6.45, 7) is 2.77. The molecule has 4 rings (SSSR count). The molecule has 29 heavy (non-hydrogen) atoms. The number of benzene rings is 2. The number of aromatic nitrogens is 3. The maximum absolute atomic E-state index is 5.43. The number of para-hydroxylation sites is 1. The fourth-order valence-corrected chi connectivity index (χ4v) is 3.00. The lowest BCUT2D eigenvalue weighted by atomic mass is 10.2. The van der Waals surface area contributed by atoms with E-state index in [0.717, 1.165) is 28.8 Å². The van der Waals surface area contributed by atoms with Gasteiger partial charge >= 0.3 is 0 Å². The van der Waals surface area contributed by atoms with Crippen molar-refractivity contribution in [2.45, 2.75) is 0 Å². The lowest BCUT2D eigenvalue weighted by molar-refractivity contribution is 0.122. The Hall–Kier alpha value is -3.04. The number of anilines is 4. The molecule has 2 heterocycles. The summed E-state index contributed by atoms with van der Waals surface area (Å²) in [5, 5.41) is 7.48. The molecule has 1 aliphatic heterocycles. The van der Waals surface area contributed by atoms with Gasteiger partial charge in [0.15, 0.2) is 0 Å². The summed E-state index contributed by atoms with van der Waals surface area (Å²) in [5.41, 5.74) is 4.77. The number of nitrogens with one attached hydrogen (secondary N) is 2. The molecule has 0 amide bonds. The van der Waals surface area contributed by atoms with Gasteiger partial charge in [0.1, 0.15) is 0 Å². The zero-order valence-corrected chi connectivity index (χ0v) is 17.2. The smallest absolute Gasteiger partial charge is 0.250 e. The average molecular weight is 454 g/mol. The summed E-state index contributed by atoms with van der Waals surface area (Å²) in [4.78, 5) is 15.6. The third kappa shape index (κ3) is 5.49. The largest absolute Gasteiger partial charge is 0.378 e. The number of hydrazone groups is 1. The van der Waals surface area contributed by atoms with Crippen molar-refractivity contribution < 1.29 is 4.74 Å². The molecule has 1 saturated heterocycles. The first-order valence-electron chi connectivity index (χ1n) is 9.22. The quantitative estimate of drug-likeness (QED) is 0.434. The van der Waals surface area contributed by atoms with Gasteiger partial charge in [0.2, 0.25) is 17.8 Å². The third-order valence-electron chi connectivity index (χ3n) is 4.20. The predicted molar refractivity (Wildman–Crippen MR) is 118 cm³/mol. The summed E-state index contributed by atoms with van der Waals surface area (Å²) in [6.07, 6.45) is 1.72. The molecule has 1 fully saturated rings. The maximum Gasteiger partial charge on any atom is 0.250 e. The van der Waals surface area contributed by atoms with E-state index in [1.54, 1.807) is 6.21 Å². The van der Waals surface area contributed by atoms with Crippen LogP contribution < -0.4 is 15.6 Å². The van der Waals surface area contributed by atoms with Crippen LogP contribution in [-0.2, 0) is 4.74 Å². The standard InChI is InChI=1S/C20H20BrN7O/c21-16-8-6-15(7-9-16)14-22-27-19-24-18(23-17-4-2-1-3-5-17)25-20(26-19)28-10-12-29-13-11-28/h1-9,14H,10-13H2,(H2,23,24,25,26,27). The first-order chi connectivity index (χ1) is 14.3. The van der Waals surface area contributed by atoms with Crippen molar-refractivity contribution in [3.63, 3.8) is 0 Å². The van der Waals surface area contributed by atoms with E-state index in [-0.39, 0.29) is 0 Å². The minimum atomic E-state index is 0.369. The van der Waals surface area contributed by atoms with E-state index in [0.29, 0.717) is 31.1 Å². The van der Waals surface area contributed by atoms with Crippen LogP contribution in [0.25, 0.3) is 0 Å². The van der Waals surface area contributed by atoms with Crippen molar-refractivity contribution in [1.29, 1.82) is 0 Å². The molecule has 0 radical (unpaired) electrons. The molecule has 0 unspecified atom stereocenters. The second-order valence-corrected chi connectivity index (χ2v) is 7.21. The van der Waals surface area contributed by atoms with E-state index in [4.69, 9.17) is 4.74 Å². The Morgan fingerprint density at radius 3 is 2.41 bits per heavy atom. The van der Waals surface area contributed by atoms with Gasteiger partial charge in [-0.25, -0.2) is 5.43 Å². The highest BCUT2D eigenvalue weighted by atomic mass is 79.9. The summed E-state index contributed by atoms with van der Waals surface area (Å²) in [7, 11) is 0. The Kier molecular flexibility index (Phi) is 6.28. The van der Waals surface area contributed by atoms with Crippen molar-refractivity contribution in [2.75, 3.05) is 41.9 Å². The van der Waals surface area contributed by atoms with Gasteiger partial charge in [-0.15, -0.1) is 0 Å². The Balaban J connectivity index is 1.55. The van der Waals surface area contributed by atoms with Crippen LogP contribution in [0.5, 0.6) is 0 Å². The highest BCUT2D eigenvalue weighted by Gasteiger charge is 2.16. The van der Waals surface area contributed by atoms with Gasteiger partial charge in [0.25, 0.3) is 0 Å². The second kappa shape index (κ2) is 9.44. The highest BCUT2D eigenvalue weighted by molar-refractivity contribution is 9.10. The van der Waals surface area contributed by atoms with Crippen LogP contribution in [-0.4, -0.2) is 47.5 Å². The predicted octanol–water partition coefficient (Wildman–Crippen LogP) is 3.66. The van der Waals surface area contributed by atoms with E-state index in [1.807, 2.05) is 54.6 Å². The molecule has 8 nitrogen and oxygen atoms in total. The van der Waals surface area contributed by atoms with Gasteiger partial charge in [-0.2, -0.15) is 20.1 Å².